The van der Waals surface area contributed by atoms with E-state index in [4.69, 9.17) is 0 Å². The first-order chi connectivity index (χ1) is 4.58. The quantitative estimate of drug-likeness (QED) is 0.550. The van der Waals surface area contributed by atoms with Crippen molar-refractivity contribution >= 4 is 0 Å². The maximum atomic E-state index is 11.4. The highest BCUT2D eigenvalue weighted by molar-refractivity contribution is 5.02. The van der Waals surface area contributed by atoms with Gasteiger partial charge in [0, 0.05) is 6.54 Å². The van der Waals surface area contributed by atoms with Crippen LogP contribution in [0.5, 0.6) is 0 Å². The van der Waals surface area contributed by atoms with Gasteiger partial charge in [0.2, 0.25) is 0 Å². The maximum absolute atomic E-state index is 11.4. The molecule has 0 aliphatic carbocycles. The molecule has 0 N–H and O–H groups in total. The van der Waals surface area contributed by atoms with E-state index in [1.54, 1.807) is 0 Å². The van der Waals surface area contributed by atoms with Gasteiger partial charge in [-0.25, -0.2) is 5.32 Å². The van der Waals surface area contributed by atoms with Gasteiger partial charge in [-0.05, 0) is 6.08 Å². The van der Waals surface area contributed by atoms with Gasteiger partial charge in [0.25, 0.3) is 0 Å². The van der Waals surface area contributed by atoms with E-state index in [0.717, 1.165) is 0 Å². The summed E-state index contributed by atoms with van der Waals surface area (Å²) in [5, 5.41) is 3.63. The van der Waals surface area contributed by atoms with Gasteiger partial charge in [0.1, 0.15) is 5.76 Å². The molecule has 0 amide bonds. The second kappa shape index (κ2) is 2.49. The number of nitrogens with zero attached hydrogens (tertiary/aromatic N) is 1. The highest BCUT2D eigenvalue weighted by Crippen LogP contribution is 2.21. The molecular formula is C5H5F3NO. The Morgan fingerprint density at radius 1 is 1.50 bits per heavy atom. The molecule has 1 rings (SSSR count). The van der Waals surface area contributed by atoms with Crippen molar-refractivity contribution in [1.29, 1.82) is 0 Å². The average Bonchev–Trinajstić information content (AvgIpc) is 2.12. The van der Waals surface area contributed by atoms with Gasteiger partial charge in [-0.3, -0.25) is 0 Å². The second-order valence-corrected chi connectivity index (χ2v) is 1.78. The first-order valence-corrected chi connectivity index (χ1v) is 2.66. The Kier molecular flexibility index (Phi) is 1.85. The molecule has 0 spiro atoms. The van der Waals surface area contributed by atoms with E-state index in [1.807, 2.05) is 0 Å². The summed E-state index contributed by atoms with van der Waals surface area (Å²) in [5.74, 6) is -0.104. The Balaban J connectivity index is 2.38. The minimum Gasteiger partial charge on any atom is -0.409 e. The Bertz CT molecular complexity index is 151. The molecule has 1 aliphatic heterocycles. The van der Waals surface area contributed by atoms with E-state index in [1.165, 1.54) is 6.08 Å². The highest BCUT2D eigenvalue weighted by Gasteiger charge is 2.32. The molecular weight excluding hydrogens is 147 g/mol. The van der Waals surface area contributed by atoms with Crippen LogP contribution in [0.4, 0.5) is 13.2 Å². The van der Waals surface area contributed by atoms with Crippen LogP contribution >= 0.6 is 0 Å². The first kappa shape index (κ1) is 7.40. The first-order valence-electron chi connectivity index (χ1n) is 2.66. The Hall–Kier alpha value is -0.710. The third-order valence-corrected chi connectivity index (χ3v) is 0.963. The van der Waals surface area contributed by atoms with Gasteiger partial charge in [0.15, 0.2) is 0 Å². The molecule has 0 saturated heterocycles. The van der Waals surface area contributed by atoms with Gasteiger partial charge in [0.05, 0.1) is 6.54 Å². The van der Waals surface area contributed by atoms with Crippen LogP contribution in [0.25, 0.3) is 0 Å². The molecule has 5 heteroatoms. The topological polar surface area (TPSA) is 23.3 Å². The van der Waals surface area contributed by atoms with Crippen molar-refractivity contribution in [1.82, 2.24) is 5.32 Å². The molecule has 10 heavy (non-hydrogen) atoms. The van der Waals surface area contributed by atoms with Crippen molar-refractivity contribution in [3.63, 3.8) is 0 Å². The minimum absolute atomic E-state index is 0.0412. The number of hydrogen-bond acceptors (Lipinski definition) is 1. The van der Waals surface area contributed by atoms with E-state index in [9.17, 15) is 13.2 Å². The second-order valence-electron chi connectivity index (χ2n) is 1.78. The average molecular weight is 152 g/mol. The van der Waals surface area contributed by atoms with Crippen LogP contribution in [-0.4, -0.2) is 19.5 Å². The van der Waals surface area contributed by atoms with Crippen molar-refractivity contribution in [2.45, 2.75) is 6.36 Å². The van der Waals surface area contributed by atoms with Gasteiger partial charge in [-0.1, -0.05) is 0 Å². The fourth-order valence-corrected chi connectivity index (χ4v) is 0.628. The van der Waals surface area contributed by atoms with E-state index in [0.29, 0.717) is 6.54 Å². The Morgan fingerprint density at radius 3 is 2.60 bits per heavy atom. The predicted octanol–water partition coefficient (Wildman–Crippen LogP) is 1.02. The van der Waals surface area contributed by atoms with Gasteiger partial charge < -0.3 is 4.74 Å². The molecule has 0 bridgehead atoms. The molecule has 1 aliphatic rings. The molecule has 0 aromatic carbocycles. The molecule has 2 nitrogen and oxygen atoms in total. The standard InChI is InChI=1S/C5H5F3NO/c6-5(7,8)10-4-1-2-9-3-4/h1H,2-3H2. The van der Waals surface area contributed by atoms with Crippen LogP contribution in [0.3, 0.4) is 0 Å². The summed E-state index contributed by atoms with van der Waals surface area (Å²) in [6.45, 7) is 0.366. The molecule has 57 valence electrons. The molecule has 1 heterocycles. The van der Waals surface area contributed by atoms with E-state index >= 15 is 0 Å². The lowest BCUT2D eigenvalue weighted by Gasteiger charge is -2.07. The zero-order valence-electron chi connectivity index (χ0n) is 4.98. The highest BCUT2D eigenvalue weighted by atomic mass is 19.4. The fourth-order valence-electron chi connectivity index (χ4n) is 0.628. The van der Waals surface area contributed by atoms with E-state index in [2.05, 4.69) is 10.1 Å². The third-order valence-electron chi connectivity index (χ3n) is 0.963. The largest absolute Gasteiger partial charge is 0.572 e. The summed E-state index contributed by atoms with van der Waals surface area (Å²) in [7, 11) is 0. The van der Waals surface area contributed by atoms with Crippen LogP contribution in [0, 0.1) is 0 Å². The van der Waals surface area contributed by atoms with Gasteiger partial charge in [-0.15, -0.1) is 13.2 Å². The zero-order valence-corrected chi connectivity index (χ0v) is 4.98. The minimum atomic E-state index is -4.56. The van der Waals surface area contributed by atoms with Crippen LogP contribution in [0.1, 0.15) is 0 Å². The maximum Gasteiger partial charge on any atom is 0.572 e. The molecule has 0 unspecified atom stereocenters. The summed E-state index contributed by atoms with van der Waals surface area (Å²) in [5.41, 5.74) is 0. The summed E-state index contributed by atoms with van der Waals surface area (Å²) in [6, 6.07) is 0. The number of alkyl halides is 3. The Morgan fingerprint density at radius 2 is 2.20 bits per heavy atom. The van der Waals surface area contributed by atoms with Gasteiger partial charge in [-0.2, -0.15) is 0 Å². The van der Waals surface area contributed by atoms with Crippen molar-refractivity contribution in [2.75, 3.05) is 13.1 Å². The zero-order chi connectivity index (χ0) is 7.61. The lowest BCUT2D eigenvalue weighted by molar-refractivity contribution is -0.305. The van der Waals surface area contributed by atoms with Gasteiger partial charge >= 0.3 is 6.36 Å². The van der Waals surface area contributed by atoms with Crippen molar-refractivity contribution in [3.05, 3.63) is 11.8 Å². The van der Waals surface area contributed by atoms with Crippen LogP contribution < -0.4 is 5.32 Å². The molecule has 1 radical (unpaired) electrons. The van der Waals surface area contributed by atoms with Crippen molar-refractivity contribution < 1.29 is 17.9 Å². The van der Waals surface area contributed by atoms with Crippen molar-refractivity contribution in [3.8, 4) is 0 Å². The molecule has 0 saturated carbocycles. The van der Waals surface area contributed by atoms with E-state index < -0.39 is 6.36 Å². The van der Waals surface area contributed by atoms with Crippen LogP contribution in [0.15, 0.2) is 11.8 Å². The number of halogens is 3. The number of ether oxygens (including phenoxy) is 1. The van der Waals surface area contributed by atoms with Crippen molar-refractivity contribution in [2.24, 2.45) is 0 Å². The summed E-state index contributed by atoms with van der Waals surface area (Å²) in [4.78, 5) is 0. The monoisotopic (exact) mass is 152 g/mol. The molecule has 0 aromatic rings. The number of hydrogen-bond donors (Lipinski definition) is 0. The smallest absolute Gasteiger partial charge is 0.409 e. The fraction of sp³-hybridized carbons (Fsp3) is 0.600. The van der Waals surface area contributed by atoms with Crippen LogP contribution in [-0.2, 0) is 4.74 Å². The Labute approximate surface area is 55.7 Å². The molecule has 0 atom stereocenters. The molecule has 0 fully saturated rings. The normalized spacial score (nSPS) is 18.9. The lowest BCUT2D eigenvalue weighted by atomic mass is 10.5. The molecule has 0 aromatic heterocycles. The summed E-state index contributed by atoms with van der Waals surface area (Å²) < 4.78 is 37.8. The number of rotatable bonds is 1. The lowest BCUT2D eigenvalue weighted by Crippen LogP contribution is -2.14. The SMILES string of the molecule is FC(F)(F)OC1=CC[N]C1. The third kappa shape index (κ3) is 2.26. The van der Waals surface area contributed by atoms with E-state index in [-0.39, 0.29) is 12.3 Å². The summed E-state index contributed by atoms with van der Waals surface area (Å²) in [6.07, 6.45) is -3.25. The predicted molar refractivity (Wildman–Crippen MR) is 27.1 cm³/mol. The van der Waals surface area contributed by atoms with Crippen LogP contribution in [0.2, 0.25) is 0 Å². The summed E-state index contributed by atoms with van der Waals surface area (Å²) >= 11 is 0.